The van der Waals surface area contributed by atoms with Crippen molar-refractivity contribution >= 4 is 5.91 Å². The number of hydrogen-bond donors (Lipinski definition) is 2. The number of aliphatic hydroxyl groups excluding tert-OH is 1. The summed E-state index contributed by atoms with van der Waals surface area (Å²) in [5, 5.41) is 12.6. The molecule has 0 spiro atoms. The normalized spacial score (nSPS) is 37.1. The molecular formula is C14H19NO2. The Balaban J connectivity index is 2.12. The standard InChI is InChI=1S/C14H19NO2/c1-14(2)5-3-4-8-10(7-16)9-6-11(17)15-13(9)12(8)14/h7,9,13,16H,3-6H2,1-2H3,(H,15,17). The average molecular weight is 233 g/mol. The smallest absolute Gasteiger partial charge is 0.221 e. The zero-order chi connectivity index (χ0) is 12.2. The van der Waals surface area contributed by atoms with Crippen molar-refractivity contribution < 1.29 is 9.90 Å². The number of nitrogens with one attached hydrogen (secondary N) is 1. The topological polar surface area (TPSA) is 49.3 Å². The fraction of sp³-hybridized carbons (Fsp3) is 0.643. The van der Waals surface area contributed by atoms with Gasteiger partial charge in [0.1, 0.15) is 0 Å². The highest BCUT2D eigenvalue weighted by molar-refractivity contribution is 5.82. The first-order valence-electron chi connectivity index (χ1n) is 6.42. The van der Waals surface area contributed by atoms with Crippen molar-refractivity contribution in [3.8, 4) is 0 Å². The molecule has 0 aromatic heterocycles. The molecule has 2 N–H and O–H groups in total. The summed E-state index contributed by atoms with van der Waals surface area (Å²) < 4.78 is 0. The van der Waals surface area contributed by atoms with E-state index in [0.29, 0.717) is 6.42 Å². The van der Waals surface area contributed by atoms with Crippen LogP contribution in [0.2, 0.25) is 0 Å². The van der Waals surface area contributed by atoms with Crippen molar-refractivity contribution in [3.63, 3.8) is 0 Å². The molecule has 2 unspecified atom stereocenters. The maximum absolute atomic E-state index is 11.6. The van der Waals surface area contributed by atoms with Crippen molar-refractivity contribution in [3.05, 3.63) is 23.0 Å². The van der Waals surface area contributed by atoms with Crippen molar-refractivity contribution in [1.82, 2.24) is 5.32 Å². The lowest BCUT2D eigenvalue weighted by Gasteiger charge is -2.35. The summed E-state index contributed by atoms with van der Waals surface area (Å²) in [6, 6.07) is 0.145. The number of aliphatic hydroxyl groups is 1. The maximum atomic E-state index is 11.6. The largest absolute Gasteiger partial charge is 0.515 e. The highest BCUT2D eigenvalue weighted by Crippen LogP contribution is 2.54. The molecule has 3 rings (SSSR count). The Labute approximate surface area is 102 Å². The van der Waals surface area contributed by atoms with Gasteiger partial charge in [-0.3, -0.25) is 4.79 Å². The predicted octanol–water partition coefficient (Wildman–Crippen LogP) is 2.45. The Bertz CT molecular complexity index is 445. The highest BCUT2D eigenvalue weighted by atomic mass is 16.2. The van der Waals surface area contributed by atoms with E-state index in [2.05, 4.69) is 19.2 Å². The van der Waals surface area contributed by atoms with E-state index < -0.39 is 0 Å². The molecule has 3 nitrogen and oxygen atoms in total. The quantitative estimate of drug-likeness (QED) is 0.631. The lowest BCUT2D eigenvalue weighted by Crippen LogP contribution is -2.35. The first kappa shape index (κ1) is 10.9. The molecule has 0 bridgehead atoms. The Kier molecular flexibility index (Phi) is 2.16. The summed E-state index contributed by atoms with van der Waals surface area (Å²) in [7, 11) is 0. The summed E-state index contributed by atoms with van der Waals surface area (Å²) in [5.74, 6) is 0.294. The summed E-state index contributed by atoms with van der Waals surface area (Å²) in [4.78, 5) is 11.6. The molecule has 3 aliphatic rings. The second-order valence-corrected chi connectivity index (χ2v) is 6.07. The minimum absolute atomic E-state index is 0.118. The first-order chi connectivity index (χ1) is 8.04. The van der Waals surface area contributed by atoms with Crippen molar-refractivity contribution in [2.45, 2.75) is 45.6 Å². The van der Waals surface area contributed by atoms with E-state index >= 15 is 0 Å². The van der Waals surface area contributed by atoms with Crippen LogP contribution in [-0.2, 0) is 4.79 Å². The van der Waals surface area contributed by atoms with Gasteiger partial charge < -0.3 is 10.4 Å². The number of carbonyl (C=O) groups is 1. The lowest BCUT2D eigenvalue weighted by atomic mass is 9.72. The van der Waals surface area contributed by atoms with Crippen molar-refractivity contribution in [2.24, 2.45) is 11.3 Å². The summed E-state index contributed by atoms with van der Waals surface area (Å²) in [6.07, 6.45) is 5.16. The van der Waals surface area contributed by atoms with Gasteiger partial charge >= 0.3 is 0 Å². The van der Waals surface area contributed by atoms with Gasteiger partial charge in [-0.2, -0.15) is 0 Å². The number of fused-ring (bicyclic) bond motifs is 2. The van der Waals surface area contributed by atoms with E-state index in [-0.39, 0.29) is 23.3 Å². The van der Waals surface area contributed by atoms with Crippen LogP contribution in [0.1, 0.15) is 39.5 Å². The third-order valence-electron chi connectivity index (χ3n) is 4.60. The molecule has 0 aromatic rings. The molecule has 1 saturated heterocycles. The zero-order valence-corrected chi connectivity index (χ0v) is 10.4. The van der Waals surface area contributed by atoms with Crippen LogP contribution in [-0.4, -0.2) is 17.1 Å². The third kappa shape index (κ3) is 1.38. The predicted molar refractivity (Wildman–Crippen MR) is 65.4 cm³/mol. The minimum Gasteiger partial charge on any atom is -0.515 e. The Morgan fingerprint density at radius 1 is 1.47 bits per heavy atom. The van der Waals surface area contributed by atoms with E-state index in [9.17, 15) is 9.90 Å². The molecule has 0 aromatic carbocycles. The van der Waals surface area contributed by atoms with Gasteiger partial charge in [0, 0.05) is 12.3 Å². The lowest BCUT2D eigenvalue weighted by molar-refractivity contribution is -0.119. The molecule has 17 heavy (non-hydrogen) atoms. The number of allylic oxidation sites excluding steroid dienone is 1. The Morgan fingerprint density at radius 3 is 2.94 bits per heavy atom. The second kappa shape index (κ2) is 3.37. The van der Waals surface area contributed by atoms with Crippen LogP contribution in [0.25, 0.3) is 0 Å². The van der Waals surface area contributed by atoms with Crippen molar-refractivity contribution in [1.29, 1.82) is 0 Å². The molecule has 1 heterocycles. The summed E-state index contributed by atoms with van der Waals surface area (Å²) in [6.45, 7) is 4.51. The van der Waals surface area contributed by atoms with Gasteiger partial charge in [0.25, 0.3) is 0 Å². The summed E-state index contributed by atoms with van der Waals surface area (Å²) in [5.41, 5.74) is 3.86. The third-order valence-corrected chi connectivity index (χ3v) is 4.60. The van der Waals surface area contributed by atoms with Crippen LogP contribution < -0.4 is 5.32 Å². The summed E-state index contributed by atoms with van der Waals surface area (Å²) >= 11 is 0. The van der Waals surface area contributed by atoms with Gasteiger partial charge in [-0.1, -0.05) is 13.8 Å². The molecule has 2 aliphatic carbocycles. The van der Waals surface area contributed by atoms with Gasteiger partial charge in [-0.25, -0.2) is 0 Å². The van der Waals surface area contributed by atoms with Crippen LogP contribution in [0.5, 0.6) is 0 Å². The van der Waals surface area contributed by atoms with E-state index in [4.69, 9.17) is 0 Å². The fourth-order valence-corrected chi connectivity index (χ4v) is 3.90. The van der Waals surface area contributed by atoms with Gasteiger partial charge in [0.05, 0.1) is 12.3 Å². The van der Waals surface area contributed by atoms with Crippen LogP contribution in [0, 0.1) is 11.3 Å². The number of hydrogen-bond acceptors (Lipinski definition) is 2. The van der Waals surface area contributed by atoms with Gasteiger partial charge in [0.15, 0.2) is 0 Å². The molecule has 1 aliphatic heterocycles. The monoisotopic (exact) mass is 233 g/mol. The Morgan fingerprint density at radius 2 is 2.24 bits per heavy atom. The van der Waals surface area contributed by atoms with E-state index in [0.717, 1.165) is 12.0 Å². The maximum Gasteiger partial charge on any atom is 0.221 e. The van der Waals surface area contributed by atoms with Gasteiger partial charge in [-0.05, 0) is 41.4 Å². The number of amides is 1. The molecule has 3 heteroatoms. The number of rotatable bonds is 0. The molecular weight excluding hydrogens is 214 g/mol. The van der Waals surface area contributed by atoms with Crippen LogP contribution in [0.3, 0.4) is 0 Å². The SMILES string of the molecule is CC1(C)CCCC2=C1C1NC(=O)CC1C2=CO. The fourth-order valence-electron chi connectivity index (χ4n) is 3.90. The van der Waals surface area contributed by atoms with Crippen LogP contribution >= 0.6 is 0 Å². The highest BCUT2D eigenvalue weighted by Gasteiger charge is 2.50. The second-order valence-electron chi connectivity index (χ2n) is 6.07. The number of carbonyl (C=O) groups excluding carboxylic acids is 1. The zero-order valence-electron chi connectivity index (χ0n) is 10.4. The first-order valence-corrected chi connectivity index (χ1v) is 6.42. The molecule has 1 amide bonds. The molecule has 1 fully saturated rings. The minimum atomic E-state index is 0.118. The van der Waals surface area contributed by atoms with E-state index in [1.54, 1.807) is 0 Å². The Hall–Kier alpha value is -1.25. The molecule has 0 saturated carbocycles. The van der Waals surface area contributed by atoms with Crippen molar-refractivity contribution in [2.75, 3.05) is 0 Å². The van der Waals surface area contributed by atoms with Crippen LogP contribution in [0.4, 0.5) is 0 Å². The molecule has 92 valence electrons. The van der Waals surface area contributed by atoms with Gasteiger partial charge in [0.2, 0.25) is 5.91 Å². The average Bonchev–Trinajstić information content (AvgIpc) is 2.71. The molecule has 0 radical (unpaired) electrons. The van der Waals surface area contributed by atoms with Crippen LogP contribution in [0.15, 0.2) is 23.0 Å². The van der Waals surface area contributed by atoms with E-state index in [1.807, 2.05) is 0 Å². The van der Waals surface area contributed by atoms with E-state index in [1.165, 1.54) is 30.2 Å². The molecule has 2 atom stereocenters. The van der Waals surface area contributed by atoms with Gasteiger partial charge in [-0.15, -0.1) is 0 Å².